The molecule has 0 saturated heterocycles. The molecule has 1 rings (SSSR count). The molecule has 3 nitrogen and oxygen atoms in total. The molecule has 0 unspecified atom stereocenters. The summed E-state index contributed by atoms with van der Waals surface area (Å²) in [4.78, 5) is 10.7. The third-order valence-electron chi connectivity index (χ3n) is 1.68. The molecule has 0 fully saturated rings. The topological polar surface area (TPSA) is 49.3 Å². The molecule has 0 atom stereocenters. The maximum absolute atomic E-state index is 10.7. The van der Waals surface area contributed by atoms with Gasteiger partial charge in [0.05, 0.1) is 5.56 Å². The highest BCUT2D eigenvalue weighted by Crippen LogP contribution is 2.21. The van der Waals surface area contributed by atoms with Crippen LogP contribution in [0.1, 0.15) is 10.4 Å². The number of carboxylic acids is 1. The molecule has 0 aromatic heterocycles. The van der Waals surface area contributed by atoms with E-state index in [0.717, 1.165) is 10.2 Å². The van der Waals surface area contributed by atoms with Crippen molar-refractivity contribution in [3.8, 4) is 0 Å². The molecule has 0 spiro atoms. The standard InChI is InChI=1S/C10H9Br2NO2/c1-6(11)5-13-7-2-3-8(10(14)15)9(12)4-7/h2-4,13H,1,5H2,(H,14,15). The van der Waals surface area contributed by atoms with Crippen LogP contribution < -0.4 is 5.32 Å². The largest absolute Gasteiger partial charge is 0.478 e. The summed E-state index contributed by atoms with van der Waals surface area (Å²) in [5, 5.41) is 11.9. The molecule has 2 N–H and O–H groups in total. The summed E-state index contributed by atoms with van der Waals surface area (Å²) in [6.45, 7) is 4.28. The Bertz CT molecular complexity index is 404. The average molecular weight is 335 g/mol. The molecule has 0 saturated carbocycles. The normalized spacial score (nSPS) is 9.73. The zero-order chi connectivity index (χ0) is 11.4. The first-order valence-corrected chi connectivity index (χ1v) is 5.69. The van der Waals surface area contributed by atoms with Crippen LogP contribution in [0.3, 0.4) is 0 Å². The summed E-state index contributed by atoms with van der Waals surface area (Å²) in [5.41, 5.74) is 1.09. The van der Waals surface area contributed by atoms with Gasteiger partial charge < -0.3 is 10.4 Å². The van der Waals surface area contributed by atoms with Gasteiger partial charge in [-0.15, -0.1) is 0 Å². The molecule has 0 radical (unpaired) electrons. The van der Waals surface area contributed by atoms with Crippen molar-refractivity contribution in [2.45, 2.75) is 0 Å². The molecule has 0 aliphatic rings. The Morgan fingerprint density at radius 2 is 2.20 bits per heavy atom. The highest BCUT2D eigenvalue weighted by atomic mass is 79.9. The van der Waals surface area contributed by atoms with Crippen LogP contribution in [-0.4, -0.2) is 17.6 Å². The average Bonchev–Trinajstić information content (AvgIpc) is 2.14. The van der Waals surface area contributed by atoms with Crippen LogP contribution in [-0.2, 0) is 0 Å². The number of hydrogen-bond acceptors (Lipinski definition) is 2. The lowest BCUT2D eigenvalue weighted by atomic mass is 10.2. The molecular weight excluding hydrogens is 326 g/mol. The smallest absolute Gasteiger partial charge is 0.336 e. The summed E-state index contributed by atoms with van der Waals surface area (Å²) in [6, 6.07) is 4.98. The van der Waals surface area contributed by atoms with Gasteiger partial charge in [-0.1, -0.05) is 22.5 Å². The Morgan fingerprint density at radius 3 is 2.67 bits per heavy atom. The highest BCUT2D eigenvalue weighted by molar-refractivity contribution is 9.11. The van der Waals surface area contributed by atoms with Crippen LogP contribution in [0, 0.1) is 0 Å². The van der Waals surface area contributed by atoms with Crippen molar-refractivity contribution in [2.24, 2.45) is 0 Å². The lowest BCUT2D eigenvalue weighted by Crippen LogP contribution is -2.02. The van der Waals surface area contributed by atoms with Crippen LogP contribution in [0.4, 0.5) is 5.69 Å². The molecule has 0 amide bonds. The Morgan fingerprint density at radius 1 is 1.53 bits per heavy atom. The minimum atomic E-state index is -0.946. The molecule has 15 heavy (non-hydrogen) atoms. The van der Waals surface area contributed by atoms with E-state index >= 15 is 0 Å². The van der Waals surface area contributed by atoms with Gasteiger partial charge in [0.1, 0.15) is 0 Å². The maximum Gasteiger partial charge on any atom is 0.336 e. The number of carboxylic acid groups (broad SMARTS) is 1. The Hall–Kier alpha value is -0.810. The second kappa shape index (κ2) is 5.32. The van der Waals surface area contributed by atoms with Gasteiger partial charge in [0.15, 0.2) is 0 Å². The van der Waals surface area contributed by atoms with Gasteiger partial charge in [0, 0.05) is 21.2 Å². The fourth-order valence-electron chi connectivity index (χ4n) is 0.996. The molecule has 0 aliphatic carbocycles. The van der Waals surface area contributed by atoms with E-state index in [1.165, 1.54) is 0 Å². The second-order valence-corrected chi connectivity index (χ2v) is 4.85. The maximum atomic E-state index is 10.7. The van der Waals surface area contributed by atoms with Crippen LogP contribution >= 0.6 is 31.9 Å². The van der Waals surface area contributed by atoms with Gasteiger partial charge in [0.2, 0.25) is 0 Å². The predicted octanol–water partition coefficient (Wildman–Crippen LogP) is 3.47. The van der Waals surface area contributed by atoms with Gasteiger partial charge >= 0.3 is 5.97 Å². The minimum Gasteiger partial charge on any atom is -0.478 e. The highest BCUT2D eigenvalue weighted by Gasteiger charge is 2.07. The van der Waals surface area contributed by atoms with Crippen molar-refractivity contribution in [1.82, 2.24) is 0 Å². The zero-order valence-corrected chi connectivity index (χ0v) is 10.9. The predicted molar refractivity (Wildman–Crippen MR) is 67.7 cm³/mol. The molecule has 0 heterocycles. The fraction of sp³-hybridized carbons (Fsp3) is 0.100. The zero-order valence-electron chi connectivity index (χ0n) is 7.76. The number of rotatable bonds is 4. The second-order valence-electron chi connectivity index (χ2n) is 2.87. The monoisotopic (exact) mass is 333 g/mol. The lowest BCUT2D eigenvalue weighted by Gasteiger charge is -2.06. The van der Waals surface area contributed by atoms with Gasteiger partial charge in [-0.3, -0.25) is 0 Å². The third-order valence-corrected chi connectivity index (χ3v) is 2.62. The number of halogens is 2. The first-order valence-electron chi connectivity index (χ1n) is 4.10. The SMILES string of the molecule is C=C(Br)CNc1ccc(C(=O)O)c(Br)c1. The van der Waals surface area contributed by atoms with Crippen molar-refractivity contribution in [3.05, 3.63) is 39.3 Å². The number of carbonyl (C=O) groups is 1. The molecule has 1 aromatic carbocycles. The fourth-order valence-corrected chi connectivity index (χ4v) is 1.69. The molecular formula is C10H9Br2NO2. The Labute approximate surface area is 104 Å². The minimum absolute atomic E-state index is 0.248. The molecule has 0 bridgehead atoms. The van der Waals surface area contributed by atoms with E-state index in [0.29, 0.717) is 11.0 Å². The Balaban J connectivity index is 2.82. The summed E-state index contributed by atoms with van der Waals surface area (Å²) >= 11 is 6.43. The lowest BCUT2D eigenvalue weighted by molar-refractivity contribution is 0.0696. The van der Waals surface area contributed by atoms with Crippen molar-refractivity contribution < 1.29 is 9.90 Å². The number of benzene rings is 1. The van der Waals surface area contributed by atoms with Gasteiger partial charge in [-0.05, 0) is 34.1 Å². The summed E-state index contributed by atoms with van der Waals surface area (Å²) in [6.07, 6.45) is 0. The van der Waals surface area contributed by atoms with Crippen molar-refractivity contribution >= 4 is 43.5 Å². The first kappa shape index (κ1) is 12.3. The third kappa shape index (κ3) is 3.68. The number of nitrogens with one attached hydrogen (secondary N) is 1. The van der Waals surface area contributed by atoms with Crippen molar-refractivity contribution in [1.29, 1.82) is 0 Å². The number of anilines is 1. The number of hydrogen-bond donors (Lipinski definition) is 2. The van der Waals surface area contributed by atoms with E-state index < -0.39 is 5.97 Å². The van der Waals surface area contributed by atoms with Crippen LogP contribution in [0.25, 0.3) is 0 Å². The molecule has 0 aliphatic heterocycles. The van der Waals surface area contributed by atoms with Gasteiger partial charge in [0.25, 0.3) is 0 Å². The van der Waals surface area contributed by atoms with E-state index in [1.54, 1.807) is 18.2 Å². The quantitative estimate of drug-likeness (QED) is 0.886. The van der Waals surface area contributed by atoms with Crippen LogP contribution in [0.2, 0.25) is 0 Å². The van der Waals surface area contributed by atoms with Gasteiger partial charge in [-0.25, -0.2) is 4.79 Å². The van der Waals surface area contributed by atoms with Crippen LogP contribution in [0.5, 0.6) is 0 Å². The first-order chi connectivity index (χ1) is 7.00. The van der Waals surface area contributed by atoms with Gasteiger partial charge in [-0.2, -0.15) is 0 Å². The summed E-state index contributed by atoms with van der Waals surface area (Å²) < 4.78 is 1.39. The summed E-state index contributed by atoms with van der Waals surface area (Å²) in [7, 11) is 0. The summed E-state index contributed by atoms with van der Waals surface area (Å²) in [5.74, 6) is -0.946. The van der Waals surface area contributed by atoms with Crippen LogP contribution in [0.15, 0.2) is 33.7 Å². The molecule has 1 aromatic rings. The van der Waals surface area contributed by atoms with E-state index in [4.69, 9.17) is 5.11 Å². The van der Waals surface area contributed by atoms with E-state index in [2.05, 4.69) is 43.8 Å². The Kier molecular flexibility index (Phi) is 4.35. The van der Waals surface area contributed by atoms with Crippen molar-refractivity contribution in [3.63, 3.8) is 0 Å². The molecule has 5 heteroatoms. The van der Waals surface area contributed by atoms with E-state index in [1.807, 2.05) is 0 Å². The molecule has 80 valence electrons. The van der Waals surface area contributed by atoms with Crippen molar-refractivity contribution in [2.75, 3.05) is 11.9 Å². The van der Waals surface area contributed by atoms with E-state index in [9.17, 15) is 4.79 Å². The van der Waals surface area contributed by atoms with E-state index in [-0.39, 0.29) is 5.56 Å². The number of aromatic carboxylic acids is 1.